The third kappa shape index (κ3) is 3.78. The topological polar surface area (TPSA) is 43.4 Å². The van der Waals surface area contributed by atoms with E-state index >= 15 is 0 Å². The summed E-state index contributed by atoms with van der Waals surface area (Å²) in [5, 5.41) is 0. The van der Waals surface area contributed by atoms with E-state index in [0.29, 0.717) is 11.3 Å². The summed E-state index contributed by atoms with van der Waals surface area (Å²) in [6, 6.07) is 15.9. The van der Waals surface area contributed by atoms with Crippen LogP contribution >= 0.6 is 0 Å². The molecule has 0 fully saturated rings. The summed E-state index contributed by atoms with van der Waals surface area (Å²) < 4.78 is 5.20. The zero-order valence-electron chi connectivity index (χ0n) is 10.6. The summed E-state index contributed by atoms with van der Waals surface area (Å²) in [7, 11) is 0. The summed E-state index contributed by atoms with van der Waals surface area (Å²) in [5.74, 6) is 0.120. The van der Waals surface area contributed by atoms with E-state index in [2.05, 4.69) is 0 Å². The van der Waals surface area contributed by atoms with E-state index in [4.69, 9.17) is 4.74 Å². The highest BCUT2D eigenvalue weighted by atomic mass is 16.5. The lowest BCUT2D eigenvalue weighted by Gasteiger charge is -2.05. The van der Waals surface area contributed by atoms with E-state index in [-0.39, 0.29) is 18.2 Å². The number of benzene rings is 2. The maximum atomic E-state index is 11.7. The van der Waals surface area contributed by atoms with Gasteiger partial charge in [-0.15, -0.1) is 0 Å². The molecular weight excluding hydrogens is 240 g/mol. The van der Waals surface area contributed by atoms with Crippen molar-refractivity contribution in [3.05, 3.63) is 65.7 Å². The number of esters is 1. The number of Topliss-reactive ketones (excluding diaryl/α,β-unsaturated/α-hetero) is 1. The summed E-state index contributed by atoms with van der Waals surface area (Å²) >= 11 is 0. The molecule has 0 aliphatic heterocycles. The Bertz CT molecular complexity index is 571. The fourth-order valence-electron chi connectivity index (χ4n) is 1.69. The minimum Gasteiger partial charge on any atom is -0.426 e. The maximum Gasteiger partial charge on any atom is 0.315 e. The molecule has 0 unspecified atom stereocenters. The second-order valence-corrected chi connectivity index (χ2v) is 4.22. The molecule has 0 N–H and O–H groups in total. The summed E-state index contributed by atoms with van der Waals surface area (Å²) in [6.07, 6.45) is 0.231. The van der Waals surface area contributed by atoms with Gasteiger partial charge < -0.3 is 4.74 Å². The van der Waals surface area contributed by atoms with E-state index in [1.54, 1.807) is 24.3 Å². The molecule has 0 spiro atoms. The first-order chi connectivity index (χ1) is 9.15. The zero-order chi connectivity index (χ0) is 13.7. The first-order valence-electron chi connectivity index (χ1n) is 6.01. The zero-order valence-corrected chi connectivity index (χ0v) is 10.6. The standard InChI is InChI=1S/C16H14O3/c1-12(17)14-7-9-15(10-8-14)19-16(18)11-13-5-3-2-4-6-13/h2-10H,11H2,1H3. The highest BCUT2D eigenvalue weighted by Gasteiger charge is 2.06. The van der Waals surface area contributed by atoms with Crippen molar-refractivity contribution in [2.75, 3.05) is 0 Å². The van der Waals surface area contributed by atoms with Crippen LogP contribution in [0.3, 0.4) is 0 Å². The lowest BCUT2D eigenvalue weighted by Crippen LogP contribution is -2.11. The van der Waals surface area contributed by atoms with Crippen molar-refractivity contribution in [3.63, 3.8) is 0 Å². The number of carbonyl (C=O) groups is 2. The average Bonchev–Trinajstić information content (AvgIpc) is 2.40. The van der Waals surface area contributed by atoms with Crippen molar-refractivity contribution >= 4 is 11.8 Å². The van der Waals surface area contributed by atoms with Crippen LogP contribution in [0.1, 0.15) is 22.8 Å². The van der Waals surface area contributed by atoms with Crippen LogP contribution in [0.4, 0.5) is 0 Å². The predicted molar refractivity (Wildman–Crippen MR) is 72.2 cm³/mol. The van der Waals surface area contributed by atoms with Gasteiger partial charge in [0.05, 0.1) is 6.42 Å². The van der Waals surface area contributed by atoms with E-state index in [9.17, 15) is 9.59 Å². The molecule has 0 radical (unpaired) electrons. The van der Waals surface area contributed by atoms with Crippen molar-refractivity contribution < 1.29 is 14.3 Å². The highest BCUT2D eigenvalue weighted by molar-refractivity contribution is 5.94. The Balaban J connectivity index is 1.97. The Morgan fingerprint density at radius 3 is 2.16 bits per heavy atom. The molecule has 19 heavy (non-hydrogen) atoms. The van der Waals surface area contributed by atoms with Crippen molar-refractivity contribution in [3.8, 4) is 5.75 Å². The Hall–Kier alpha value is -2.42. The van der Waals surface area contributed by atoms with Crippen LogP contribution in [0.15, 0.2) is 54.6 Å². The molecule has 0 bridgehead atoms. The number of hydrogen-bond donors (Lipinski definition) is 0. The van der Waals surface area contributed by atoms with Gasteiger partial charge in [0.2, 0.25) is 0 Å². The Labute approximate surface area is 111 Å². The molecule has 96 valence electrons. The normalized spacial score (nSPS) is 9.95. The largest absolute Gasteiger partial charge is 0.426 e. The number of rotatable bonds is 4. The van der Waals surface area contributed by atoms with Crippen LogP contribution < -0.4 is 4.74 Å². The van der Waals surface area contributed by atoms with Gasteiger partial charge in [0.1, 0.15) is 5.75 Å². The lowest BCUT2D eigenvalue weighted by molar-refractivity contribution is -0.133. The van der Waals surface area contributed by atoms with E-state index in [1.165, 1.54) is 6.92 Å². The van der Waals surface area contributed by atoms with Gasteiger partial charge in [-0.1, -0.05) is 30.3 Å². The summed E-state index contributed by atoms with van der Waals surface area (Å²) in [6.45, 7) is 1.50. The van der Waals surface area contributed by atoms with Crippen LogP contribution in [0.25, 0.3) is 0 Å². The van der Waals surface area contributed by atoms with Crippen LogP contribution in [-0.2, 0) is 11.2 Å². The van der Waals surface area contributed by atoms with E-state index in [0.717, 1.165) is 5.56 Å². The van der Waals surface area contributed by atoms with Crippen molar-refractivity contribution in [2.45, 2.75) is 13.3 Å². The van der Waals surface area contributed by atoms with Crippen molar-refractivity contribution in [1.82, 2.24) is 0 Å². The second-order valence-electron chi connectivity index (χ2n) is 4.22. The summed E-state index contributed by atoms with van der Waals surface area (Å²) in [4.78, 5) is 22.8. The van der Waals surface area contributed by atoms with E-state index < -0.39 is 0 Å². The third-order valence-electron chi connectivity index (χ3n) is 2.68. The number of ketones is 1. The molecule has 0 heterocycles. The fraction of sp³-hybridized carbons (Fsp3) is 0.125. The van der Waals surface area contributed by atoms with Crippen molar-refractivity contribution in [1.29, 1.82) is 0 Å². The smallest absolute Gasteiger partial charge is 0.315 e. The third-order valence-corrected chi connectivity index (χ3v) is 2.68. The SMILES string of the molecule is CC(=O)c1ccc(OC(=O)Cc2ccccc2)cc1. The molecule has 0 aliphatic rings. The predicted octanol–water partition coefficient (Wildman–Crippen LogP) is 3.04. The first-order valence-corrected chi connectivity index (χ1v) is 6.01. The second kappa shape index (κ2) is 5.96. The average molecular weight is 254 g/mol. The molecule has 2 rings (SSSR count). The van der Waals surface area contributed by atoms with Gasteiger partial charge in [-0.2, -0.15) is 0 Å². The Morgan fingerprint density at radius 1 is 0.947 bits per heavy atom. The molecule has 2 aromatic rings. The molecule has 0 aromatic heterocycles. The van der Waals surface area contributed by atoms with E-state index in [1.807, 2.05) is 30.3 Å². The first kappa shape index (κ1) is 13.0. The number of carbonyl (C=O) groups excluding carboxylic acids is 2. The quantitative estimate of drug-likeness (QED) is 0.478. The Morgan fingerprint density at radius 2 is 1.58 bits per heavy atom. The highest BCUT2D eigenvalue weighted by Crippen LogP contribution is 2.13. The molecule has 0 amide bonds. The monoisotopic (exact) mass is 254 g/mol. The molecular formula is C16H14O3. The Kier molecular flexibility index (Phi) is 4.08. The molecule has 0 saturated heterocycles. The molecule has 3 nitrogen and oxygen atoms in total. The van der Waals surface area contributed by atoms with Gasteiger partial charge >= 0.3 is 5.97 Å². The van der Waals surface area contributed by atoms with Gasteiger partial charge in [0, 0.05) is 5.56 Å². The maximum absolute atomic E-state index is 11.7. The van der Waals surface area contributed by atoms with Gasteiger partial charge in [0.25, 0.3) is 0 Å². The number of hydrogen-bond acceptors (Lipinski definition) is 3. The molecule has 0 saturated carbocycles. The fourth-order valence-corrected chi connectivity index (χ4v) is 1.69. The minimum atomic E-state index is -0.318. The van der Waals surface area contributed by atoms with Crippen LogP contribution in [0.2, 0.25) is 0 Å². The number of ether oxygens (including phenoxy) is 1. The van der Waals surface area contributed by atoms with Crippen molar-refractivity contribution in [2.24, 2.45) is 0 Å². The van der Waals surface area contributed by atoms with Gasteiger partial charge in [-0.25, -0.2) is 0 Å². The molecule has 2 aromatic carbocycles. The summed E-state index contributed by atoms with van der Waals surface area (Å²) in [5.41, 5.74) is 1.51. The van der Waals surface area contributed by atoms with Gasteiger partial charge in [-0.05, 0) is 36.8 Å². The molecule has 0 atom stereocenters. The molecule has 0 aliphatic carbocycles. The minimum absolute atomic E-state index is 0.0119. The molecule has 3 heteroatoms. The van der Waals surface area contributed by atoms with Crippen LogP contribution in [-0.4, -0.2) is 11.8 Å². The van der Waals surface area contributed by atoms with Crippen LogP contribution in [0.5, 0.6) is 5.75 Å². The van der Waals surface area contributed by atoms with Gasteiger partial charge in [-0.3, -0.25) is 9.59 Å². The van der Waals surface area contributed by atoms with Crippen LogP contribution in [0, 0.1) is 0 Å². The van der Waals surface area contributed by atoms with Gasteiger partial charge in [0.15, 0.2) is 5.78 Å². The lowest BCUT2D eigenvalue weighted by atomic mass is 10.1.